The van der Waals surface area contributed by atoms with Gasteiger partial charge in [0, 0.05) is 24.5 Å². The van der Waals surface area contributed by atoms with Gasteiger partial charge in [-0.15, -0.1) is 0 Å². The molecule has 1 aromatic carbocycles. The zero-order valence-electron chi connectivity index (χ0n) is 16.4. The molecule has 2 aromatic heterocycles. The third-order valence-corrected chi connectivity index (χ3v) is 4.42. The van der Waals surface area contributed by atoms with Gasteiger partial charge in [0.1, 0.15) is 12.3 Å². The first-order chi connectivity index (χ1) is 13.3. The van der Waals surface area contributed by atoms with Crippen LogP contribution in [-0.2, 0) is 21.6 Å². The Bertz CT molecular complexity index is 936. The molecule has 2 heterocycles. The van der Waals surface area contributed by atoms with Gasteiger partial charge in [-0.2, -0.15) is 0 Å². The lowest BCUT2D eigenvalue weighted by Gasteiger charge is -2.19. The lowest BCUT2D eigenvalue weighted by Crippen LogP contribution is -2.26. The van der Waals surface area contributed by atoms with Gasteiger partial charge in [-0.3, -0.25) is 9.59 Å². The highest BCUT2D eigenvalue weighted by atomic mass is 16.5. The third-order valence-electron chi connectivity index (χ3n) is 4.42. The van der Waals surface area contributed by atoms with Crippen LogP contribution in [0.15, 0.2) is 54.9 Å². The molecule has 0 unspecified atom stereocenters. The van der Waals surface area contributed by atoms with Crippen LogP contribution in [0.2, 0.25) is 0 Å². The summed E-state index contributed by atoms with van der Waals surface area (Å²) in [6.07, 6.45) is 3.82. The second kappa shape index (κ2) is 8.25. The van der Waals surface area contributed by atoms with Gasteiger partial charge >= 0.3 is 5.97 Å². The molecule has 0 bridgehead atoms. The lowest BCUT2D eigenvalue weighted by atomic mass is 9.87. The minimum Gasteiger partial charge on any atom is -0.459 e. The van der Waals surface area contributed by atoms with E-state index < -0.39 is 0 Å². The average molecular weight is 379 g/mol. The summed E-state index contributed by atoms with van der Waals surface area (Å²) < 4.78 is 7.10. The van der Waals surface area contributed by atoms with E-state index in [2.05, 4.69) is 31.1 Å². The molecule has 0 saturated carbocycles. The maximum Gasteiger partial charge on any atom is 0.307 e. The zero-order valence-corrected chi connectivity index (χ0v) is 16.4. The Labute approximate surface area is 164 Å². The van der Waals surface area contributed by atoms with Gasteiger partial charge in [-0.1, -0.05) is 39.0 Å². The number of aromatic nitrogens is 2. The second-order valence-corrected chi connectivity index (χ2v) is 7.69. The van der Waals surface area contributed by atoms with Crippen molar-refractivity contribution < 1.29 is 14.3 Å². The third kappa shape index (κ3) is 4.97. The van der Waals surface area contributed by atoms with Gasteiger partial charge in [0.15, 0.2) is 0 Å². The van der Waals surface area contributed by atoms with Crippen molar-refractivity contribution in [2.75, 3.05) is 6.54 Å². The van der Waals surface area contributed by atoms with Crippen LogP contribution in [0.4, 0.5) is 0 Å². The molecule has 0 aliphatic carbocycles. The number of esters is 1. The second-order valence-electron chi connectivity index (χ2n) is 7.69. The van der Waals surface area contributed by atoms with Crippen molar-refractivity contribution in [3.63, 3.8) is 0 Å². The fourth-order valence-electron chi connectivity index (χ4n) is 2.79. The Balaban J connectivity index is 1.42. The molecule has 0 fully saturated rings. The molecule has 28 heavy (non-hydrogen) atoms. The first-order valence-electron chi connectivity index (χ1n) is 9.30. The standard InChI is InChI=1S/C22H25N3O3/c1-22(2,3)17-9-7-16(8-10-17)21(27)23-12-11-20(26)28-15-18-14-25-13-5-4-6-19(25)24-18/h4-10,13-14H,11-12,15H2,1-3H3,(H,23,27). The van der Waals surface area contributed by atoms with E-state index in [-0.39, 0.29) is 36.9 Å². The van der Waals surface area contributed by atoms with Gasteiger partial charge in [0.25, 0.3) is 5.91 Å². The van der Waals surface area contributed by atoms with Crippen LogP contribution >= 0.6 is 0 Å². The summed E-state index contributed by atoms with van der Waals surface area (Å²) >= 11 is 0. The largest absolute Gasteiger partial charge is 0.459 e. The van der Waals surface area contributed by atoms with Gasteiger partial charge in [0.2, 0.25) is 0 Å². The number of hydrogen-bond donors (Lipinski definition) is 1. The smallest absolute Gasteiger partial charge is 0.307 e. The Morgan fingerprint density at radius 3 is 2.54 bits per heavy atom. The summed E-state index contributed by atoms with van der Waals surface area (Å²) in [7, 11) is 0. The van der Waals surface area contributed by atoms with E-state index in [9.17, 15) is 9.59 Å². The van der Waals surface area contributed by atoms with Crippen LogP contribution in [0, 0.1) is 0 Å². The van der Waals surface area contributed by atoms with E-state index in [1.165, 1.54) is 5.56 Å². The normalized spacial score (nSPS) is 11.4. The minimum atomic E-state index is -0.375. The number of carbonyl (C=O) groups is 2. The van der Waals surface area contributed by atoms with E-state index in [0.717, 1.165) is 5.65 Å². The number of carbonyl (C=O) groups excluding carboxylic acids is 2. The van der Waals surface area contributed by atoms with Gasteiger partial charge < -0.3 is 14.5 Å². The van der Waals surface area contributed by atoms with E-state index in [4.69, 9.17) is 4.74 Å². The summed E-state index contributed by atoms with van der Waals surface area (Å²) in [5, 5.41) is 2.75. The number of nitrogens with zero attached hydrogens (tertiary/aromatic N) is 2. The molecule has 0 aliphatic heterocycles. The molecular formula is C22H25N3O3. The van der Waals surface area contributed by atoms with E-state index >= 15 is 0 Å². The van der Waals surface area contributed by atoms with Crippen LogP contribution in [0.25, 0.3) is 5.65 Å². The van der Waals surface area contributed by atoms with Crippen LogP contribution in [-0.4, -0.2) is 27.8 Å². The van der Waals surface area contributed by atoms with Crippen molar-refractivity contribution in [3.05, 3.63) is 71.7 Å². The Hall–Kier alpha value is -3.15. The topological polar surface area (TPSA) is 72.7 Å². The number of hydrogen-bond acceptors (Lipinski definition) is 4. The number of ether oxygens (including phenoxy) is 1. The molecule has 0 radical (unpaired) electrons. The molecule has 146 valence electrons. The van der Waals surface area contributed by atoms with Crippen molar-refractivity contribution in [1.82, 2.24) is 14.7 Å². The number of nitrogens with one attached hydrogen (secondary N) is 1. The van der Waals surface area contributed by atoms with Crippen LogP contribution < -0.4 is 5.32 Å². The fraction of sp³-hybridized carbons (Fsp3) is 0.318. The summed E-state index contributed by atoms with van der Waals surface area (Å²) in [5.74, 6) is -0.575. The van der Waals surface area contributed by atoms with Crippen LogP contribution in [0.3, 0.4) is 0 Å². The highest BCUT2D eigenvalue weighted by molar-refractivity contribution is 5.94. The molecule has 0 saturated heterocycles. The predicted molar refractivity (Wildman–Crippen MR) is 107 cm³/mol. The molecule has 3 rings (SSSR count). The SMILES string of the molecule is CC(C)(C)c1ccc(C(=O)NCCC(=O)OCc2cn3ccccc3n2)cc1. The molecule has 3 aromatic rings. The summed E-state index contributed by atoms with van der Waals surface area (Å²) in [6, 6.07) is 13.2. The van der Waals surface area contributed by atoms with Crippen molar-refractivity contribution in [3.8, 4) is 0 Å². The molecule has 0 atom stereocenters. The number of benzene rings is 1. The maximum absolute atomic E-state index is 12.2. The molecule has 6 heteroatoms. The first kappa shape index (κ1) is 19.6. The lowest BCUT2D eigenvalue weighted by molar-refractivity contribution is -0.144. The van der Waals surface area contributed by atoms with Crippen molar-refractivity contribution in [2.45, 2.75) is 39.2 Å². The highest BCUT2D eigenvalue weighted by Crippen LogP contribution is 2.22. The maximum atomic E-state index is 12.2. The summed E-state index contributed by atoms with van der Waals surface area (Å²) in [5.41, 5.74) is 3.27. The molecule has 0 spiro atoms. The zero-order chi connectivity index (χ0) is 20.1. The summed E-state index contributed by atoms with van der Waals surface area (Å²) in [6.45, 7) is 6.71. The number of fused-ring (bicyclic) bond motifs is 1. The van der Waals surface area contributed by atoms with Crippen molar-refractivity contribution in [1.29, 1.82) is 0 Å². The van der Waals surface area contributed by atoms with E-state index in [0.29, 0.717) is 11.3 Å². The van der Waals surface area contributed by atoms with Crippen molar-refractivity contribution >= 4 is 17.5 Å². The van der Waals surface area contributed by atoms with E-state index in [1.807, 2.05) is 47.1 Å². The van der Waals surface area contributed by atoms with Crippen LogP contribution in [0.5, 0.6) is 0 Å². The predicted octanol–water partition coefficient (Wildman–Crippen LogP) is 3.50. The number of pyridine rings is 1. The summed E-state index contributed by atoms with van der Waals surface area (Å²) in [4.78, 5) is 28.5. The number of rotatable bonds is 6. The molecule has 6 nitrogen and oxygen atoms in total. The monoisotopic (exact) mass is 379 g/mol. The molecule has 1 N–H and O–H groups in total. The molecule has 1 amide bonds. The Kier molecular flexibility index (Phi) is 5.78. The molecule has 0 aliphatic rings. The number of imidazole rings is 1. The van der Waals surface area contributed by atoms with Gasteiger partial charge in [0.05, 0.1) is 12.1 Å². The minimum absolute atomic E-state index is 0.0414. The van der Waals surface area contributed by atoms with Crippen molar-refractivity contribution in [2.24, 2.45) is 0 Å². The van der Waals surface area contributed by atoms with E-state index in [1.54, 1.807) is 12.1 Å². The fourth-order valence-corrected chi connectivity index (χ4v) is 2.79. The quantitative estimate of drug-likeness (QED) is 0.666. The Morgan fingerprint density at radius 2 is 1.86 bits per heavy atom. The first-order valence-corrected chi connectivity index (χ1v) is 9.30. The Morgan fingerprint density at radius 1 is 1.11 bits per heavy atom. The van der Waals surface area contributed by atoms with Gasteiger partial charge in [-0.25, -0.2) is 4.98 Å². The molecular weight excluding hydrogens is 354 g/mol. The number of amides is 1. The average Bonchev–Trinajstić information content (AvgIpc) is 3.09. The van der Waals surface area contributed by atoms with Gasteiger partial charge in [-0.05, 0) is 35.2 Å². The van der Waals surface area contributed by atoms with Crippen LogP contribution in [0.1, 0.15) is 48.8 Å². The highest BCUT2D eigenvalue weighted by Gasteiger charge is 2.14.